The zero-order valence-corrected chi connectivity index (χ0v) is 9.41. The van der Waals surface area contributed by atoms with Gasteiger partial charge in [0.2, 0.25) is 0 Å². The summed E-state index contributed by atoms with van der Waals surface area (Å²) in [7, 11) is -9.06. The molecular weight excluding hydrogens is 232 g/mol. The van der Waals surface area contributed by atoms with Gasteiger partial charge in [0.15, 0.2) is 0 Å². The molecule has 0 aromatic rings. The minimum absolute atomic E-state index is 0.0664. The van der Waals surface area contributed by atoms with Gasteiger partial charge in [0, 0.05) is 0 Å². The van der Waals surface area contributed by atoms with Crippen LogP contribution >= 0.6 is 15.6 Å². The predicted octanol–water partition coefficient (Wildman–Crippen LogP) is 1.15. The Morgan fingerprint density at radius 2 is 2.00 bits per heavy atom. The first-order valence-corrected chi connectivity index (χ1v) is 6.71. The van der Waals surface area contributed by atoms with E-state index in [1.807, 2.05) is 0 Å². The molecule has 0 radical (unpaired) electrons. The van der Waals surface area contributed by atoms with Crippen molar-refractivity contribution in [1.82, 2.24) is 0 Å². The number of phosphoric acid groups is 1. The second-order valence-electron chi connectivity index (χ2n) is 2.65. The van der Waals surface area contributed by atoms with E-state index >= 15 is 0 Å². The molecule has 0 rings (SSSR count). The van der Waals surface area contributed by atoms with Crippen molar-refractivity contribution in [3.05, 3.63) is 12.2 Å². The van der Waals surface area contributed by atoms with Crippen LogP contribution in [0.4, 0.5) is 0 Å². The molecule has 4 N–H and O–H groups in total. The summed E-state index contributed by atoms with van der Waals surface area (Å²) in [4.78, 5) is 16.6. The van der Waals surface area contributed by atoms with Crippen molar-refractivity contribution in [2.45, 2.75) is 13.3 Å². The molecule has 0 amide bonds. The monoisotopic (exact) mass is 245 g/mol. The van der Waals surface area contributed by atoms with Crippen molar-refractivity contribution in [3.8, 4) is 0 Å². The van der Waals surface area contributed by atoms with E-state index in [1.54, 1.807) is 6.92 Å². The zero-order chi connectivity index (χ0) is 11.4. The van der Waals surface area contributed by atoms with E-state index < -0.39 is 15.6 Å². The molecule has 14 heavy (non-hydrogen) atoms. The third-order valence-corrected chi connectivity index (χ3v) is 3.32. The first-order chi connectivity index (χ1) is 6.12. The van der Waals surface area contributed by atoms with Gasteiger partial charge in [-0.15, -0.1) is 6.58 Å². The normalized spacial score (nSPS) is 16.3. The third kappa shape index (κ3) is 8.59. The molecule has 0 aliphatic carbocycles. The summed E-state index contributed by atoms with van der Waals surface area (Å²) in [5.41, 5.74) is 5.64. The molecule has 0 aliphatic rings. The lowest BCUT2D eigenvalue weighted by Gasteiger charge is -2.13. The van der Waals surface area contributed by atoms with E-state index in [9.17, 15) is 9.13 Å². The van der Waals surface area contributed by atoms with Gasteiger partial charge in [-0.1, -0.05) is 5.57 Å². The Bertz CT molecular complexity index is 297. The predicted molar refractivity (Wildman–Crippen MR) is 50.3 cm³/mol. The zero-order valence-electron chi connectivity index (χ0n) is 7.62. The summed E-state index contributed by atoms with van der Waals surface area (Å²) in [5, 5.41) is 0. The molecule has 0 bridgehead atoms. The minimum Gasteiger partial charge on any atom is -0.302 e. The SMILES string of the molecule is C=C(C)CCOP(N)(=O)OP(=O)(O)O. The summed E-state index contributed by atoms with van der Waals surface area (Å²) < 4.78 is 29.5. The van der Waals surface area contributed by atoms with Crippen molar-refractivity contribution >= 4 is 15.6 Å². The summed E-state index contributed by atoms with van der Waals surface area (Å²) >= 11 is 0. The molecule has 0 heterocycles. The molecule has 0 saturated heterocycles. The highest BCUT2D eigenvalue weighted by Crippen LogP contribution is 2.55. The highest BCUT2D eigenvalue weighted by molar-refractivity contribution is 7.62. The van der Waals surface area contributed by atoms with Crippen molar-refractivity contribution in [1.29, 1.82) is 0 Å². The smallest absolute Gasteiger partial charge is 0.302 e. The van der Waals surface area contributed by atoms with E-state index in [-0.39, 0.29) is 6.61 Å². The van der Waals surface area contributed by atoms with Crippen molar-refractivity contribution in [3.63, 3.8) is 0 Å². The van der Waals surface area contributed by atoms with E-state index in [4.69, 9.17) is 15.3 Å². The number of hydrogen-bond acceptors (Lipinski definition) is 4. The Morgan fingerprint density at radius 3 is 2.36 bits per heavy atom. The topological polar surface area (TPSA) is 119 Å². The molecule has 0 spiro atoms. The van der Waals surface area contributed by atoms with E-state index in [2.05, 4.69) is 15.4 Å². The number of rotatable bonds is 6. The molecular formula is C5H13NO6P2. The maximum atomic E-state index is 11.0. The van der Waals surface area contributed by atoms with Crippen LogP contribution in [0.25, 0.3) is 0 Å². The second-order valence-corrected chi connectivity index (χ2v) is 5.62. The highest BCUT2D eigenvalue weighted by Gasteiger charge is 2.29. The number of nitrogens with two attached hydrogens (primary N) is 1. The molecule has 1 atom stereocenters. The summed E-state index contributed by atoms with van der Waals surface area (Å²) in [6.07, 6.45) is 0.381. The Balaban J connectivity index is 4.03. The lowest BCUT2D eigenvalue weighted by molar-refractivity contribution is 0.227. The van der Waals surface area contributed by atoms with Crippen LogP contribution in [-0.2, 0) is 18.0 Å². The van der Waals surface area contributed by atoms with Gasteiger partial charge in [0.25, 0.3) is 0 Å². The molecule has 0 aliphatic heterocycles. The van der Waals surface area contributed by atoms with Gasteiger partial charge in [-0.05, 0) is 13.3 Å². The van der Waals surface area contributed by atoms with E-state index in [0.717, 1.165) is 5.57 Å². The molecule has 1 unspecified atom stereocenters. The van der Waals surface area contributed by atoms with Crippen LogP contribution in [0.5, 0.6) is 0 Å². The number of hydrogen-bond donors (Lipinski definition) is 3. The molecule has 84 valence electrons. The maximum Gasteiger partial charge on any atom is 0.477 e. The largest absolute Gasteiger partial charge is 0.477 e. The fourth-order valence-electron chi connectivity index (χ4n) is 0.519. The molecule has 0 saturated carbocycles. The Kier molecular flexibility index (Phi) is 5.19. The van der Waals surface area contributed by atoms with Crippen molar-refractivity contribution in [2.24, 2.45) is 5.50 Å². The van der Waals surface area contributed by atoms with Gasteiger partial charge >= 0.3 is 15.6 Å². The van der Waals surface area contributed by atoms with E-state index in [1.165, 1.54) is 0 Å². The standard InChI is InChI=1S/C5H13NO6P2/c1-5(2)3-4-11-13(6,7)12-14(8,9)10/h1,3-4H2,2H3,(H2,6,7)(H2,8,9,10). The van der Waals surface area contributed by atoms with Crippen LogP contribution < -0.4 is 5.50 Å². The first kappa shape index (κ1) is 14.0. The third-order valence-electron chi connectivity index (χ3n) is 1.02. The Hall–Kier alpha value is -0.0000000000000000416. The van der Waals surface area contributed by atoms with Crippen LogP contribution in [0, 0.1) is 0 Å². The van der Waals surface area contributed by atoms with E-state index in [0.29, 0.717) is 6.42 Å². The van der Waals surface area contributed by atoms with Gasteiger partial charge in [-0.3, -0.25) is 4.52 Å². The van der Waals surface area contributed by atoms with Crippen LogP contribution in [0.1, 0.15) is 13.3 Å². The fraction of sp³-hybridized carbons (Fsp3) is 0.600. The fourth-order valence-corrected chi connectivity index (χ4v) is 2.24. The highest BCUT2D eigenvalue weighted by atomic mass is 31.3. The lowest BCUT2D eigenvalue weighted by atomic mass is 10.3. The Labute approximate surface area is 81.7 Å². The molecule has 0 aromatic heterocycles. The molecule has 0 aromatic carbocycles. The molecule has 9 heteroatoms. The summed E-state index contributed by atoms with van der Waals surface area (Å²) in [6, 6.07) is 0. The van der Waals surface area contributed by atoms with Gasteiger partial charge in [-0.2, -0.15) is 4.31 Å². The van der Waals surface area contributed by atoms with Gasteiger partial charge in [-0.25, -0.2) is 14.6 Å². The van der Waals surface area contributed by atoms with Crippen molar-refractivity contribution in [2.75, 3.05) is 6.61 Å². The average Bonchev–Trinajstić information content (AvgIpc) is 1.78. The summed E-state index contributed by atoms with van der Waals surface area (Å²) in [6.45, 7) is 5.19. The molecule has 7 nitrogen and oxygen atoms in total. The van der Waals surface area contributed by atoms with Crippen LogP contribution in [-0.4, -0.2) is 16.4 Å². The van der Waals surface area contributed by atoms with Crippen molar-refractivity contribution < 1.29 is 27.8 Å². The lowest BCUT2D eigenvalue weighted by Crippen LogP contribution is -2.04. The van der Waals surface area contributed by atoms with Gasteiger partial charge < -0.3 is 9.79 Å². The second kappa shape index (κ2) is 5.19. The average molecular weight is 245 g/mol. The minimum atomic E-state index is -4.89. The van der Waals surface area contributed by atoms with Crippen LogP contribution in [0.15, 0.2) is 12.2 Å². The quantitative estimate of drug-likeness (QED) is 0.474. The van der Waals surface area contributed by atoms with Gasteiger partial charge in [0.1, 0.15) is 0 Å². The van der Waals surface area contributed by atoms with Crippen LogP contribution in [0.2, 0.25) is 0 Å². The van der Waals surface area contributed by atoms with Gasteiger partial charge in [0.05, 0.1) is 6.61 Å². The molecule has 0 fully saturated rings. The maximum absolute atomic E-state index is 11.0. The summed E-state index contributed by atoms with van der Waals surface area (Å²) in [5.74, 6) is 0. The van der Waals surface area contributed by atoms with Crippen LogP contribution in [0.3, 0.4) is 0 Å². The Morgan fingerprint density at radius 1 is 1.50 bits per heavy atom. The first-order valence-electron chi connectivity index (χ1n) is 3.57.